The molecule has 0 saturated heterocycles. The van der Waals surface area contributed by atoms with E-state index in [9.17, 15) is 4.79 Å². The van der Waals surface area contributed by atoms with E-state index in [2.05, 4.69) is 16.5 Å². The summed E-state index contributed by atoms with van der Waals surface area (Å²) < 4.78 is 1.77. The molecule has 0 fully saturated rings. The lowest BCUT2D eigenvalue weighted by Crippen LogP contribution is -2.18. The molecular weight excluding hydrogens is 357 g/mol. The van der Waals surface area contributed by atoms with Gasteiger partial charge >= 0.3 is 0 Å². The summed E-state index contributed by atoms with van der Waals surface area (Å²) in [6, 6.07) is 15.2. The van der Waals surface area contributed by atoms with Crippen LogP contribution in [0.5, 0.6) is 0 Å². The van der Waals surface area contributed by atoms with Crippen LogP contribution < -0.4 is 5.32 Å². The fraction of sp³-hybridized carbons (Fsp3) is 0.158. The highest BCUT2D eigenvalue weighted by molar-refractivity contribution is 6.42. The van der Waals surface area contributed by atoms with Crippen LogP contribution in [0.1, 0.15) is 16.7 Å². The smallest absolute Gasteiger partial charge is 0.229 e. The predicted octanol–water partition coefficient (Wildman–Crippen LogP) is 4.73. The van der Waals surface area contributed by atoms with Gasteiger partial charge in [-0.2, -0.15) is 5.10 Å². The molecule has 0 aliphatic carbocycles. The molecule has 2 aromatic carbocycles. The zero-order valence-electron chi connectivity index (χ0n) is 13.7. The van der Waals surface area contributed by atoms with Gasteiger partial charge in [0.15, 0.2) is 0 Å². The second-order valence-corrected chi connectivity index (χ2v) is 6.65. The van der Waals surface area contributed by atoms with Crippen LogP contribution in [0, 0.1) is 6.92 Å². The van der Waals surface area contributed by atoms with Gasteiger partial charge in [0.25, 0.3) is 0 Å². The molecule has 128 valence electrons. The van der Waals surface area contributed by atoms with Gasteiger partial charge in [-0.15, -0.1) is 0 Å². The monoisotopic (exact) mass is 373 g/mol. The Morgan fingerprint density at radius 2 is 1.92 bits per heavy atom. The van der Waals surface area contributed by atoms with Gasteiger partial charge in [0.05, 0.1) is 29.2 Å². The Labute approximate surface area is 156 Å². The molecule has 0 atom stereocenters. The fourth-order valence-electron chi connectivity index (χ4n) is 2.57. The van der Waals surface area contributed by atoms with E-state index < -0.39 is 0 Å². The third-order valence-electron chi connectivity index (χ3n) is 3.75. The van der Waals surface area contributed by atoms with Crippen molar-refractivity contribution in [1.82, 2.24) is 9.78 Å². The number of hydrogen-bond acceptors (Lipinski definition) is 2. The molecule has 1 amide bonds. The quantitative estimate of drug-likeness (QED) is 0.702. The zero-order valence-corrected chi connectivity index (χ0v) is 15.2. The van der Waals surface area contributed by atoms with E-state index in [1.807, 2.05) is 25.1 Å². The van der Waals surface area contributed by atoms with E-state index in [-0.39, 0.29) is 12.3 Å². The number of nitrogens with zero attached hydrogens (tertiary/aromatic N) is 2. The number of carbonyl (C=O) groups is 1. The highest BCUT2D eigenvalue weighted by Gasteiger charge is 2.10. The summed E-state index contributed by atoms with van der Waals surface area (Å²) in [5.41, 5.74) is 3.12. The Morgan fingerprint density at radius 3 is 2.68 bits per heavy atom. The lowest BCUT2D eigenvalue weighted by Gasteiger charge is -2.10. The molecule has 25 heavy (non-hydrogen) atoms. The van der Waals surface area contributed by atoms with Gasteiger partial charge in [0, 0.05) is 6.07 Å². The Kier molecular flexibility index (Phi) is 5.41. The lowest BCUT2D eigenvalue weighted by atomic mass is 10.1. The highest BCUT2D eigenvalue weighted by Crippen LogP contribution is 2.23. The van der Waals surface area contributed by atoms with Crippen molar-refractivity contribution in [2.45, 2.75) is 19.9 Å². The minimum Gasteiger partial charge on any atom is -0.311 e. The van der Waals surface area contributed by atoms with Crippen molar-refractivity contribution in [3.8, 4) is 0 Å². The average molecular weight is 374 g/mol. The van der Waals surface area contributed by atoms with Crippen LogP contribution in [0.2, 0.25) is 10.0 Å². The third-order valence-corrected chi connectivity index (χ3v) is 4.49. The van der Waals surface area contributed by atoms with Crippen LogP contribution in [-0.4, -0.2) is 15.7 Å². The summed E-state index contributed by atoms with van der Waals surface area (Å²) in [6.07, 6.45) is 1.89. The molecule has 0 spiro atoms. The number of amides is 1. The zero-order chi connectivity index (χ0) is 17.8. The molecule has 0 bridgehead atoms. The van der Waals surface area contributed by atoms with Crippen LogP contribution in [-0.2, 0) is 17.8 Å². The number of aryl methyl sites for hydroxylation is 1. The Hall–Kier alpha value is -2.30. The highest BCUT2D eigenvalue weighted by atomic mass is 35.5. The minimum atomic E-state index is -0.135. The summed E-state index contributed by atoms with van der Waals surface area (Å²) in [4.78, 5) is 12.3. The van der Waals surface area contributed by atoms with Gasteiger partial charge < -0.3 is 5.32 Å². The summed E-state index contributed by atoms with van der Waals surface area (Å²) in [7, 11) is 0. The molecule has 0 aliphatic heterocycles. The van der Waals surface area contributed by atoms with E-state index in [1.54, 1.807) is 35.1 Å². The van der Waals surface area contributed by atoms with Gasteiger partial charge in [-0.3, -0.25) is 4.79 Å². The first-order valence-corrected chi connectivity index (χ1v) is 8.58. The van der Waals surface area contributed by atoms with Crippen molar-refractivity contribution < 1.29 is 4.79 Å². The van der Waals surface area contributed by atoms with E-state index in [0.717, 1.165) is 11.1 Å². The standard InChI is InChI=1S/C19H17Cl2N3O/c1-13-3-2-4-15(9-13)12-24-18(7-8-22-24)23-19(25)11-14-5-6-16(20)17(21)10-14/h2-10H,11-12H2,1H3,(H,23,25). The van der Waals surface area contributed by atoms with E-state index in [1.165, 1.54) is 5.56 Å². The number of halogens is 2. The SMILES string of the molecule is Cc1cccc(Cn2nccc2NC(=O)Cc2ccc(Cl)c(Cl)c2)c1. The predicted molar refractivity (Wildman–Crippen MR) is 101 cm³/mol. The summed E-state index contributed by atoms with van der Waals surface area (Å²) in [6.45, 7) is 2.64. The van der Waals surface area contributed by atoms with Crippen LogP contribution >= 0.6 is 23.2 Å². The van der Waals surface area contributed by atoms with E-state index in [0.29, 0.717) is 22.4 Å². The maximum Gasteiger partial charge on any atom is 0.229 e. The number of rotatable bonds is 5. The number of aromatic nitrogens is 2. The lowest BCUT2D eigenvalue weighted by molar-refractivity contribution is -0.115. The first-order valence-electron chi connectivity index (χ1n) is 7.82. The van der Waals surface area contributed by atoms with Crippen molar-refractivity contribution in [2.24, 2.45) is 0 Å². The average Bonchev–Trinajstić information content (AvgIpc) is 2.98. The van der Waals surface area contributed by atoms with Crippen LogP contribution in [0.3, 0.4) is 0 Å². The maximum atomic E-state index is 12.3. The molecule has 3 rings (SSSR count). The van der Waals surface area contributed by atoms with Crippen LogP contribution in [0.4, 0.5) is 5.82 Å². The van der Waals surface area contributed by atoms with E-state index in [4.69, 9.17) is 23.2 Å². The van der Waals surface area contributed by atoms with Gasteiger partial charge in [0.2, 0.25) is 5.91 Å². The van der Waals surface area contributed by atoms with Crippen LogP contribution in [0.25, 0.3) is 0 Å². The molecule has 1 aromatic heterocycles. The molecule has 1 N–H and O–H groups in total. The number of carbonyl (C=O) groups excluding carboxylic acids is 1. The van der Waals surface area contributed by atoms with Gasteiger partial charge in [0.1, 0.15) is 5.82 Å². The van der Waals surface area contributed by atoms with Crippen molar-refractivity contribution in [1.29, 1.82) is 0 Å². The third kappa shape index (κ3) is 4.62. The molecule has 1 heterocycles. The molecule has 0 radical (unpaired) electrons. The van der Waals surface area contributed by atoms with Gasteiger partial charge in [-0.25, -0.2) is 4.68 Å². The summed E-state index contributed by atoms with van der Waals surface area (Å²) in [5.74, 6) is 0.524. The van der Waals surface area contributed by atoms with Crippen molar-refractivity contribution >= 4 is 34.9 Å². The topological polar surface area (TPSA) is 46.9 Å². The summed E-state index contributed by atoms with van der Waals surface area (Å²) >= 11 is 11.9. The Morgan fingerprint density at radius 1 is 1.08 bits per heavy atom. The molecule has 6 heteroatoms. The Balaban J connectivity index is 1.68. The van der Waals surface area contributed by atoms with Crippen molar-refractivity contribution in [3.63, 3.8) is 0 Å². The van der Waals surface area contributed by atoms with Crippen LogP contribution in [0.15, 0.2) is 54.7 Å². The number of anilines is 1. The number of nitrogens with one attached hydrogen (secondary N) is 1. The molecule has 0 aliphatic rings. The fourth-order valence-corrected chi connectivity index (χ4v) is 2.89. The largest absolute Gasteiger partial charge is 0.311 e. The molecule has 3 aromatic rings. The minimum absolute atomic E-state index is 0.135. The number of benzene rings is 2. The van der Waals surface area contributed by atoms with E-state index >= 15 is 0 Å². The molecular formula is C19H17Cl2N3O. The first kappa shape index (κ1) is 17.5. The molecule has 0 saturated carbocycles. The van der Waals surface area contributed by atoms with Gasteiger partial charge in [-0.05, 0) is 30.2 Å². The number of hydrogen-bond donors (Lipinski definition) is 1. The van der Waals surface area contributed by atoms with Crippen molar-refractivity contribution in [3.05, 3.63) is 81.5 Å². The van der Waals surface area contributed by atoms with Crippen molar-refractivity contribution in [2.75, 3.05) is 5.32 Å². The second-order valence-electron chi connectivity index (χ2n) is 5.84. The summed E-state index contributed by atoms with van der Waals surface area (Å²) in [5, 5.41) is 8.10. The second kappa shape index (κ2) is 7.72. The van der Waals surface area contributed by atoms with Gasteiger partial charge in [-0.1, -0.05) is 59.1 Å². The molecule has 4 nitrogen and oxygen atoms in total. The Bertz CT molecular complexity index is 905. The molecule has 0 unspecified atom stereocenters. The first-order chi connectivity index (χ1) is 12.0. The maximum absolute atomic E-state index is 12.3. The normalized spacial score (nSPS) is 10.7.